The molecule has 7 heteroatoms. The second-order valence-corrected chi connectivity index (χ2v) is 6.61. The van der Waals surface area contributed by atoms with Crippen LogP contribution in [0, 0.1) is 11.8 Å². The highest BCUT2D eigenvalue weighted by atomic mass is 16.2. The van der Waals surface area contributed by atoms with Crippen LogP contribution in [-0.2, 0) is 14.4 Å². The van der Waals surface area contributed by atoms with Gasteiger partial charge in [-0.25, -0.2) is 4.98 Å². The van der Waals surface area contributed by atoms with Crippen molar-refractivity contribution in [3.8, 4) is 0 Å². The van der Waals surface area contributed by atoms with Crippen LogP contribution in [-0.4, -0.2) is 48.2 Å². The lowest BCUT2D eigenvalue weighted by molar-refractivity contribution is -0.142. The van der Waals surface area contributed by atoms with Crippen LogP contribution in [0.25, 0.3) is 0 Å². The number of hydrogen-bond donors (Lipinski definition) is 1. The second kappa shape index (κ2) is 6.59. The first kappa shape index (κ1) is 16.4. The standard InChI is InChI=1S/C17H22N4O3/c1-20(2)14-8-7-11(9-18-14)19-15(22)10-21-16(23)12-5-3-4-6-13(12)17(21)24/h7-9,12-13H,3-6,10H2,1-2H3,(H,19,22). The van der Waals surface area contributed by atoms with E-state index in [-0.39, 0.29) is 36.1 Å². The van der Waals surface area contributed by atoms with Gasteiger partial charge in [-0.15, -0.1) is 0 Å². The highest BCUT2D eigenvalue weighted by Crippen LogP contribution is 2.37. The lowest BCUT2D eigenvalue weighted by Gasteiger charge is -2.19. The largest absolute Gasteiger partial charge is 0.363 e. The van der Waals surface area contributed by atoms with Crippen LogP contribution in [0.5, 0.6) is 0 Å². The number of carbonyl (C=O) groups is 3. The Labute approximate surface area is 141 Å². The van der Waals surface area contributed by atoms with Crippen LogP contribution >= 0.6 is 0 Å². The van der Waals surface area contributed by atoms with E-state index in [4.69, 9.17) is 0 Å². The molecule has 0 spiro atoms. The van der Waals surface area contributed by atoms with E-state index in [1.165, 1.54) is 0 Å². The van der Waals surface area contributed by atoms with E-state index in [9.17, 15) is 14.4 Å². The normalized spacial score (nSPS) is 23.2. The van der Waals surface area contributed by atoms with Crippen LogP contribution in [0.15, 0.2) is 18.3 Å². The number of anilines is 2. The predicted octanol–water partition coefficient (Wildman–Crippen LogP) is 1.26. The van der Waals surface area contributed by atoms with E-state index < -0.39 is 0 Å². The molecule has 2 unspecified atom stereocenters. The minimum Gasteiger partial charge on any atom is -0.363 e. The number of imide groups is 1. The van der Waals surface area contributed by atoms with Gasteiger partial charge in [-0.2, -0.15) is 0 Å². The average Bonchev–Trinajstić information content (AvgIpc) is 2.81. The molecular formula is C17H22N4O3. The fourth-order valence-corrected chi connectivity index (χ4v) is 3.46. The first-order valence-electron chi connectivity index (χ1n) is 8.26. The number of likely N-dealkylation sites (tertiary alicyclic amines) is 1. The Morgan fingerprint density at radius 1 is 1.21 bits per heavy atom. The lowest BCUT2D eigenvalue weighted by Crippen LogP contribution is -2.38. The summed E-state index contributed by atoms with van der Waals surface area (Å²) in [5.41, 5.74) is 0.544. The molecule has 2 atom stereocenters. The second-order valence-electron chi connectivity index (χ2n) is 6.61. The smallest absolute Gasteiger partial charge is 0.244 e. The molecule has 1 aliphatic heterocycles. The minimum absolute atomic E-state index is 0.194. The van der Waals surface area contributed by atoms with Crippen LogP contribution in [0.4, 0.5) is 11.5 Å². The summed E-state index contributed by atoms with van der Waals surface area (Å²) in [6.45, 7) is -0.222. The average molecular weight is 330 g/mol. The van der Waals surface area contributed by atoms with Crippen molar-refractivity contribution in [3.63, 3.8) is 0 Å². The molecule has 2 fully saturated rings. The van der Waals surface area contributed by atoms with Gasteiger partial charge >= 0.3 is 0 Å². The topological polar surface area (TPSA) is 82.6 Å². The highest BCUT2D eigenvalue weighted by Gasteiger charge is 2.48. The van der Waals surface area contributed by atoms with Crippen molar-refractivity contribution >= 4 is 29.2 Å². The molecular weight excluding hydrogens is 308 g/mol. The molecule has 2 heterocycles. The van der Waals surface area contributed by atoms with Gasteiger partial charge in [0.2, 0.25) is 17.7 Å². The number of fused-ring (bicyclic) bond motifs is 1. The lowest BCUT2D eigenvalue weighted by atomic mass is 9.81. The molecule has 1 saturated carbocycles. The molecule has 1 N–H and O–H groups in total. The third-order valence-electron chi connectivity index (χ3n) is 4.72. The van der Waals surface area contributed by atoms with Gasteiger partial charge in [-0.1, -0.05) is 12.8 Å². The van der Waals surface area contributed by atoms with E-state index in [2.05, 4.69) is 10.3 Å². The molecule has 1 saturated heterocycles. The first-order chi connectivity index (χ1) is 11.5. The summed E-state index contributed by atoms with van der Waals surface area (Å²) in [7, 11) is 3.76. The minimum atomic E-state index is -0.380. The molecule has 0 radical (unpaired) electrons. The summed E-state index contributed by atoms with van der Waals surface area (Å²) in [5, 5.41) is 2.69. The number of rotatable bonds is 4. The van der Waals surface area contributed by atoms with Gasteiger partial charge in [-0.05, 0) is 25.0 Å². The molecule has 3 rings (SSSR count). The molecule has 1 aliphatic carbocycles. The molecule has 1 aromatic heterocycles. The Balaban J connectivity index is 1.62. The molecule has 24 heavy (non-hydrogen) atoms. The number of amides is 3. The van der Waals surface area contributed by atoms with Crippen molar-refractivity contribution in [2.75, 3.05) is 30.9 Å². The molecule has 3 amide bonds. The van der Waals surface area contributed by atoms with Crippen molar-refractivity contribution in [1.82, 2.24) is 9.88 Å². The number of pyridine rings is 1. The van der Waals surface area contributed by atoms with E-state index in [1.54, 1.807) is 18.3 Å². The predicted molar refractivity (Wildman–Crippen MR) is 89.4 cm³/mol. The molecule has 128 valence electrons. The van der Waals surface area contributed by atoms with Gasteiger partial charge < -0.3 is 10.2 Å². The monoisotopic (exact) mass is 330 g/mol. The molecule has 7 nitrogen and oxygen atoms in total. The van der Waals surface area contributed by atoms with E-state index in [1.807, 2.05) is 19.0 Å². The molecule has 1 aromatic rings. The summed E-state index contributed by atoms with van der Waals surface area (Å²) in [6.07, 6.45) is 5.02. The fraction of sp³-hybridized carbons (Fsp3) is 0.529. The van der Waals surface area contributed by atoms with Crippen molar-refractivity contribution in [2.24, 2.45) is 11.8 Å². The molecule has 2 aliphatic rings. The van der Waals surface area contributed by atoms with Gasteiger partial charge in [0.25, 0.3) is 0 Å². The quantitative estimate of drug-likeness (QED) is 0.841. The summed E-state index contributed by atoms with van der Waals surface area (Å²) in [4.78, 5) is 44.1. The SMILES string of the molecule is CN(C)c1ccc(NC(=O)CN2C(=O)C3CCCCC3C2=O)cn1. The summed E-state index contributed by atoms with van der Waals surface area (Å²) >= 11 is 0. The van der Waals surface area contributed by atoms with Crippen LogP contribution < -0.4 is 10.2 Å². The van der Waals surface area contributed by atoms with E-state index in [0.717, 1.165) is 36.4 Å². The number of hydrogen-bond acceptors (Lipinski definition) is 5. The molecule has 0 aromatic carbocycles. The van der Waals surface area contributed by atoms with Gasteiger partial charge in [0, 0.05) is 14.1 Å². The van der Waals surface area contributed by atoms with Crippen molar-refractivity contribution in [1.29, 1.82) is 0 Å². The van der Waals surface area contributed by atoms with Crippen molar-refractivity contribution in [2.45, 2.75) is 25.7 Å². The summed E-state index contributed by atoms with van der Waals surface area (Å²) in [5.74, 6) is -0.432. The number of aromatic nitrogens is 1. The van der Waals surface area contributed by atoms with Crippen LogP contribution in [0.1, 0.15) is 25.7 Å². The van der Waals surface area contributed by atoms with Crippen molar-refractivity contribution < 1.29 is 14.4 Å². The molecule has 0 bridgehead atoms. The maximum atomic E-state index is 12.4. The van der Waals surface area contributed by atoms with E-state index >= 15 is 0 Å². The number of carbonyl (C=O) groups excluding carboxylic acids is 3. The zero-order valence-corrected chi connectivity index (χ0v) is 14.0. The van der Waals surface area contributed by atoms with E-state index in [0.29, 0.717) is 5.69 Å². The zero-order valence-electron chi connectivity index (χ0n) is 14.0. The Morgan fingerprint density at radius 2 is 1.83 bits per heavy atom. The summed E-state index contributed by atoms with van der Waals surface area (Å²) < 4.78 is 0. The summed E-state index contributed by atoms with van der Waals surface area (Å²) in [6, 6.07) is 3.53. The number of nitrogens with zero attached hydrogens (tertiary/aromatic N) is 3. The number of nitrogens with one attached hydrogen (secondary N) is 1. The fourth-order valence-electron chi connectivity index (χ4n) is 3.46. The van der Waals surface area contributed by atoms with Gasteiger partial charge in [0.05, 0.1) is 23.7 Å². The maximum absolute atomic E-state index is 12.4. The Morgan fingerprint density at radius 3 is 2.33 bits per heavy atom. The Bertz CT molecular complexity index is 632. The third kappa shape index (κ3) is 3.11. The van der Waals surface area contributed by atoms with Crippen molar-refractivity contribution in [3.05, 3.63) is 18.3 Å². The zero-order chi connectivity index (χ0) is 17.3. The Kier molecular flexibility index (Phi) is 4.51. The first-order valence-corrected chi connectivity index (χ1v) is 8.26. The Hall–Kier alpha value is -2.44. The highest BCUT2D eigenvalue weighted by molar-refractivity contribution is 6.08. The third-order valence-corrected chi connectivity index (χ3v) is 4.72. The van der Waals surface area contributed by atoms with Crippen LogP contribution in [0.2, 0.25) is 0 Å². The van der Waals surface area contributed by atoms with Crippen LogP contribution in [0.3, 0.4) is 0 Å². The van der Waals surface area contributed by atoms with Gasteiger partial charge in [0.1, 0.15) is 12.4 Å². The van der Waals surface area contributed by atoms with Gasteiger partial charge in [0.15, 0.2) is 0 Å². The van der Waals surface area contributed by atoms with Gasteiger partial charge in [-0.3, -0.25) is 19.3 Å². The maximum Gasteiger partial charge on any atom is 0.244 e.